The first kappa shape index (κ1) is 17.2. The SMILES string of the molecule is O=C(NCc1ccncc1)c1cncc(C(=O)NCc2ccccn2)c1. The van der Waals surface area contributed by atoms with Gasteiger partial charge in [-0.05, 0) is 35.9 Å². The zero-order chi connectivity index (χ0) is 18.2. The summed E-state index contributed by atoms with van der Waals surface area (Å²) in [6.07, 6.45) is 7.84. The van der Waals surface area contributed by atoms with Crippen molar-refractivity contribution in [3.8, 4) is 0 Å². The van der Waals surface area contributed by atoms with Crippen LogP contribution in [0.3, 0.4) is 0 Å². The maximum atomic E-state index is 12.3. The van der Waals surface area contributed by atoms with Gasteiger partial charge in [0.05, 0.1) is 23.4 Å². The average Bonchev–Trinajstić information content (AvgIpc) is 2.72. The molecule has 0 fully saturated rings. The molecule has 0 aliphatic rings. The van der Waals surface area contributed by atoms with Crippen LogP contribution in [0.4, 0.5) is 0 Å². The minimum atomic E-state index is -0.313. The third kappa shape index (κ3) is 4.70. The Morgan fingerprint density at radius 2 is 1.50 bits per heavy atom. The van der Waals surface area contributed by atoms with Crippen LogP contribution in [0.15, 0.2) is 67.4 Å². The summed E-state index contributed by atoms with van der Waals surface area (Å²) in [4.78, 5) is 36.6. The van der Waals surface area contributed by atoms with Gasteiger partial charge >= 0.3 is 0 Å². The van der Waals surface area contributed by atoms with Crippen LogP contribution < -0.4 is 10.6 Å². The molecule has 7 heteroatoms. The van der Waals surface area contributed by atoms with E-state index >= 15 is 0 Å². The number of hydrogen-bond donors (Lipinski definition) is 2. The minimum Gasteiger partial charge on any atom is -0.348 e. The van der Waals surface area contributed by atoms with Crippen LogP contribution in [0.2, 0.25) is 0 Å². The predicted octanol–water partition coefficient (Wildman–Crippen LogP) is 1.73. The monoisotopic (exact) mass is 347 g/mol. The summed E-state index contributed by atoms with van der Waals surface area (Å²) in [7, 11) is 0. The van der Waals surface area contributed by atoms with Gasteiger partial charge in [0, 0.05) is 37.5 Å². The number of carbonyl (C=O) groups is 2. The number of rotatable bonds is 6. The number of aromatic nitrogens is 3. The lowest BCUT2D eigenvalue weighted by Crippen LogP contribution is -2.26. The van der Waals surface area contributed by atoms with Gasteiger partial charge < -0.3 is 10.6 Å². The molecule has 26 heavy (non-hydrogen) atoms. The normalized spacial score (nSPS) is 10.2. The van der Waals surface area contributed by atoms with E-state index in [0.717, 1.165) is 11.3 Å². The molecule has 0 spiro atoms. The van der Waals surface area contributed by atoms with Crippen molar-refractivity contribution in [2.24, 2.45) is 0 Å². The molecule has 2 N–H and O–H groups in total. The van der Waals surface area contributed by atoms with E-state index in [4.69, 9.17) is 0 Å². The Morgan fingerprint density at radius 3 is 2.15 bits per heavy atom. The topological polar surface area (TPSA) is 96.9 Å². The molecule has 7 nitrogen and oxygen atoms in total. The molecule has 130 valence electrons. The summed E-state index contributed by atoms with van der Waals surface area (Å²) < 4.78 is 0. The molecular formula is C19H17N5O2. The van der Waals surface area contributed by atoms with Crippen LogP contribution in [0.1, 0.15) is 32.0 Å². The molecule has 3 rings (SSSR count). The zero-order valence-corrected chi connectivity index (χ0v) is 13.9. The van der Waals surface area contributed by atoms with Gasteiger partial charge in [-0.25, -0.2) is 0 Å². The predicted molar refractivity (Wildman–Crippen MR) is 95.1 cm³/mol. The number of nitrogens with zero attached hydrogens (tertiary/aromatic N) is 3. The highest BCUT2D eigenvalue weighted by molar-refractivity contribution is 5.99. The number of hydrogen-bond acceptors (Lipinski definition) is 5. The van der Waals surface area contributed by atoms with Crippen molar-refractivity contribution in [3.63, 3.8) is 0 Å². The molecule has 0 atom stereocenters. The Labute approximate surface area is 150 Å². The molecular weight excluding hydrogens is 330 g/mol. The van der Waals surface area contributed by atoms with Gasteiger partial charge in [-0.1, -0.05) is 6.07 Å². The molecule has 0 aliphatic carbocycles. The highest BCUT2D eigenvalue weighted by Crippen LogP contribution is 2.05. The highest BCUT2D eigenvalue weighted by atomic mass is 16.2. The Balaban J connectivity index is 1.60. The molecule has 0 saturated carbocycles. The van der Waals surface area contributed by atoms with Crippen LogP contribution in [0, 0.1) is 0 Å². The fourth-order valence-corrected chi connectivity index (χ4v) is 2.25. The van der Waals surface area contributed by atoms with E-state index in [0.29, 0.717) is 24.2 Å². The molecule has 2 amide bonds. The molecule has 3 aromatic rings. The van der Waals surface area contributed by atoms with Gasteiger partial charge in [0.1, 0.15) is 0 Å². The van der Waals surface area contributed by atoms with Crippen molar-refractivity contribution in [1.82, 2.24) is 25.6 Å². The zero-order valence-electron chi connectivity index (χ0n) is 13.9. The molecule has 0 aromatic carbocycles. The first-order valence-electron chi connectivity index (χ1n) is 8.02. The number of pyridine rings is 3. The number of amides is 2. The summed E-state index contributed by atoms with van der Waals surface area (Å²) >= 11 is 0. The summed E-state index contributed by atoms with van der Waals surface area (Å²) in [6.45, 7) is 0.676. The van der Waals surface area contributed by atoms with Crippen LogP contribution in [0.5, 0.6) is 0 Å². The lowest BCUT2D eigenvalue weighted by atomic mass is 10.1. The maximum absolute atomic E-state index is 12.3. The quantitative estimate of drug-likeness (QED) is 0.708. The summed E-state index contributed by atoms with van der Waals surface area (Å²) in [5, 5.41) is 5.55. The Bertz CT molecular complexity index is 814. The summed E-state index contributed by atoms with van der Waals surface area (Å²) in [5.41, 5.74) is 2.33. The lowest BCUT2D eigenvalue weighted by molar-refractivity contribution is 0.0950. The van der Waals surface area contributed by atoms with Gasteiger partial charge in [0.2, 0.25) is 0 Å². The minimum absolute atomic E-state index is 0.298. The molecule has 0 bridgehead atoms. The van der Waals surface area contributed by atoms with E-state index in [1.165, 1.54) is 18.5 Å². The number of carbonyl (C=O) groups excluding carboxylic acids is 2. The second-order valence-electron chi connectivity index (χ2n) is 5.50. The first-order chi connectivity index (χ1) is 12.7. The van der Waals surface area contributed by atoms with E-state index in [1.807, 2.05) is 30.3 Å². The van der Waals surface area contributed by atoms with E-state index < -0.39 is 0 Å². The molecule has 3 aromatic heterocycles. The van der Waals surface area contributed by atoms with Crippen LogP contribution in [-0.2, 0) is 13.1 Å². The van der Waals surface area contributed by atoms with E-state index in [2.05, 4.69) is 25.6 Å². The first-order valence-corrected chi connectivity index (χ1v) is 8.02. The largest absolute Gasteiger partial charge is 0.348 e. The van der Waals surface area contributed by atoms with Gasteiger partial charge in [-0.3, -0.25) is 24.5 Å². The molecule has 0 radical (unpaired) electrons. The molecule has 0 unspecified atom stereocenters. The van der Waals surface area contributed by atoms with Crippen LogP contribution in [0.25, 0.3) is 0 Å². The van der Waals surface area contributed by atoms with Gasteiger partial charge in [0.25, 0.3) is 11.8 Å². The second kappa shape index (κ2) is 8.48. The van der Waals surface area contributed by atoms with E-state index in [1.54, 1.807) is 18.6 Å². The third-order valence-electron chi connectivity index (χ3n) is 3.62. The smallest absolute Gasteiger partial charge is 0.253 e. The Morgan fingerprint density at radius 1 is 0.808 bits per heavy atom. The van der Waals surface area contributed by atoms with Crippen molar-refractivity contribution in [2.75, 3.05) is 0 Å². The molecule has 0 saturated heterocycles. The van der Waals surface area contributed by atoms with Crippen LogP contribution in [-0.4, -0.2) is 26.8 Å². The van der Waals surface area contributed by atoms with E-state index in [9.17, 15) is 9.59 Å². The summed E-state index contributed by atoms with van der Waals surface area (Å²) in [5.74, 6) is -0.611. The third-order valence-corrected chi connectivity index (χ3v) is 3.62. The van der Waals surface area contributed by atoms with Crippen molar-refractivity contribution < 1.29 is 9.59 Å². The van der Waals surface area contributed by atoms with Crippen molar-refractivity contribution in [2.45, 2.75) is 13.1 Å². The van der Waals surface area contributed by atoms with Gasteiger partial charge in [-0.2, -0.15) is 0 Å². The van der Waals surface area contributed by atoms with Crippen molar-refractivity contribution in [3.05, 3.63) is 89.8 Å². The van der Waals surface area contributed by atoms with Crippen molar-refractivity contribution in [1.29, 1.82) is 0 Å². The van der Waals surface area contributed by atoms with Crippen molar-refractivity contribution >= 4 is 11.8 Å². The molecule has 0 aliphatic heterocycles. The second-order valence-corrected chi connectivity index (χ2v) is 5.50. The fraction of sp³-hybridized carbons (Fsp3) is 0.105. The summed E-state index contributed by atoms with van der Waals surface area (Å²) in [6, 6.07) is 10.6. The lowest BCUT2D eigenvalue weighted by Gasteiger charge is -2.07. The average molecular weight is 347 g/mol. The Hall–Kier alpha value is -3.61. The number of nitrogens with one attached hydrogen (secondary N) is 2. The van der Waals surface area contributed by atoms with E-state index in [-0.39, 0.29) is 11.8 Å². The fourth-order valence-electron chi connectivity index (χ4n) is 2.25. The molecule has 3 heterocycles. The van der Waals surface area contributed by atoms with Gasteiger partial charge in [-0.15, -0.1) is 0 Å². The standard InChI is InChI=1S/C19H17N5O2/c25-18(23-10-14-4-7-20-8-5-14)15-9-16(12-21-11-15)19(26)24-13-17-3-1-2-6-22-17/h1-9,11-12H,10,13H2,(H,23,25)(H,24,26). The van der Waals surface area contributed by atoms with Gasteiger partial charge in [0.15, 0.2) is 0 Å². The Kier molecular flexibility index (Phi) is 5.61. The highest BCUT2D eigenvalue weighted by Gasteiger charge is 2.11. The maximum Gasteiger partial charge on any atom is 0.253 e. The van der Waals surface area contributed by atoms with Crippen LogP contribution >= 0.6 is 0 Å².